The number of ether oxygens (including phenoxy) is 1. The predicted molar refractivity (Wildman–Crippen MR) is 170 cm³/mol. The second-order valence-electron chi connectivity index (χ2n) is 11.7. The van der Waals surface area contributed by atoms with Crippen LogP contribution in [0.4, 0.5) is 0 Å². The lowest BCUT2D eigenvalue weighted by molar-refractivity contribution is 0.163. The Morgan fingerprint density at radius 1 is 0.537 bits per heavy atom. The average molecular weight is 527 g/mol. The molecule has 1 atom stereocenters. The van der Waals surface area contributed by atoms with Crippen LogP contribution in [0.15, 0.2) is 140 Å². The molecule has 0 N–H and O–H groups in total. The molecule has 1 unspecified atom stereocenters. The molecule has 1 nitrogen and oxygen atoms in total. The fraction of sp³-hybridized carbons (Fsp3) is 0.100. The average Bonchev–Trinajstić information content (AvgIpc) is 3.29. The van der Waals surface area contributed by atoms with E-state index in [1.54, 1.807) is 0 Å². The lowest BCUT2D eigenvalue weighted by Gasteiger charge is -2.38. The van der Waals surface area contributed by atoms with Crippen molar-refractivity contribution < 1.29 is 4.74 Å². The van der Waals surface area contributed by atoms with E-state index in [4.69, 9.17) is 4.74 Å². The van der Waals surface area contributed by atoms with Gasteiger partial charge in [-0.05, 0) is 44.8 Å². The third kappa shape index (κ3) is 3.42. The van der Waals surface area contributed by atoms with Crippen LogP contribution in [0.2, 0.25) is 0 Å². The molecule has 0 radical (unpaired) electrons. The van der Waals surface area contributed by atoms with Gasteiger partial charge in [-0.1, -0.05) is 153 Å². The quantitative estimate of drug-likeness (QED) is 0.223. The van der Waals surface area contributed by atoms with E-state index < -0.39 is 5.60 Å². The second-order valence-corrected chi connectivity index (χ2v) is 11.7. The molecule has 6 aromatic carbocycles. The number of hydrogen-bond acceptors (Lipinski definition) is 1. The van der Waals surface area contributed by atoms with E-state index in [1.165, 1.54) is 44.3 Å². The van der Waals surface area contributed by atoms with Gasteiger partial charge in [-0.3, -0.25) is 0 Å². The van der Waals surface area contributed by atoms with Crippen LogP contribution in [0.1, 0.15) is 41.7 Å². The Morgan fingerprint density at radius 2 is 1.12 bits per heavy atom. The van der Waals surface area contributed by atoms with Crippen molar-refractivity contribution in [3.8, 4) is 28.0 Å². The van der Waals surface area contributed by atoms with E-state index in [0.29, 0.717) is 0 Å². The molecule has 0 spiro atoms. The Labute approximate surface area is 241 Å². The zero-order chi connectivity index (χ0) is 27.6. The predicted octanol–water partition coefficient (Wildman–Crippen LogP) is 10.2. The van der Waals surface area contributed by atoms with Gasteiger partial charge in [-0.2, -0.15) is 0 Å². The molecule has 41 heavy (non-hydrogen) atoms. The Bertz CT molecular complexity index is 1960. The Morgan fingerprint density at radius 3 is 1.88 bits per heavy atom. The van der Waals surface area contributed by atoms with Crippen molar-refractivity contribution >= 4 is 16.8 Å². The van der Waals surface area contributed by atoms with E-state index in [1.807, 2.05) is 0 Å². The van der Waals surface area contributed by atoms with Crippen LogP contribution in [0.5, 0.6) is 5.75 Å². The molecule has 0 bridgehead atoms. The molecule has 196 valence electrons. The highest BCUT2D eigenvalue weighted by atomic mass is 16.5. The first-order chi connectivity index (χ1) is 20.1. The van der Waals surface area contributed by atoms with Crippen LogP contribution in [0, 0.1) is 0 Å². The zero-order valence-electron chi connectivity index (χ0n) is 23.3. The molecule has 8 rings (SSSR count). The fourth-order valence-electron chi connectivity index (χ4n) is 7.11. The molecule has 1 heteroatoms. The summed E-state index contributed by atoms with van der Waals surface area (Å²) in [5.74, 6) is 0.957. The summed E-state index contributed by atoms with van der Waals surface area (Å²) in [6, 6.07) is 47.6. The van der Waals surface area contributed by atoms with E-state index in [9.17, 15) is 0 Å². The molecule has 0 saturated heterocycles. The molecule has 0 fully saturated rings. The van der Waals surface area contributed by atoms with Crippen molar-refractivity contribution in [2.75, 3.05) is 0 Å². The summed E-state index contributed by atoms with van der Waals surface area (Å²) in [6.07, 6.45) is 4.60. The molecule has 6 aromatic rings. The highest BCUT2D eigenvalue weighted by molar-refractivity contribution is 6.08. The van der Waals surface area contributed by atoms with Gasteiger partial charge in [0.1, 0.15) is 5.75 Å². The number of benzene rings is 6. The number of fused-ring (bicyclic) bond motifs is 8. The zero-order valence-corrected chi connectivity index (χ0v) is 23.3. The maximum atomic E-state index is 7.38. The largest absolute Gasteiger partial charge is 0.472 e. The van der Waals surface area contributed by atoms with Crippen LogP contribution >= 0.6 is 0 Å². The van der Waals surface area contributed by atoms with Crippen molar-refractivity contribution in [1.82, 2.24) is 0 Å². The van der Waals surface area contributed by atoms with Gasteiger partial charge in [0.15, 0.2) is 5.60 Å². The minimum absolute atomic E-state index is 0.141. The molecule has 2 aliphatic rings. The van der Waals surface area contributed by atoms with Gasteiger partial charge in [0.05, 0.1) is 0 Å². The monoisotopic (exact) mass is 526 g/mol. The van der Waals surface area contributed by atoms with Crippen molar-refractivity contribution in [3.05, 3.63) is 167 Å². The van der Waals surface area contributed by atoms with E-state index in [0.717, 1.165) is 22.3 Å². The Kier molecular flexibility index (Phi) is 5.15. The SMILES string of the molecule is CC1(C)c2ccccc2-c2c1c1c(c3ccccc23)OC(c2ccccc2)(c2ccc(-c3ccccc3)cc2)C=C1. The van der Waals surface area contributed by atoms with E-state index in [2.05, 4.69) is 159 Å². The number of hydrogen-bond donors (Lipinski definition) is 0. The smallest absolute Gasteiger partial charge is 0.178 e. The van der Waals surface area contributed by atoms with Crippen LogP contribution in [-0.2, 0) is 11.0 Å². The third-order valence-electron chi connectivity index (χ3n) is 9.07. The first-order valence-electron chi connectivity index (χ1n) is 14.4. The summed E-state index contributed by atoms with van der Waals surface area (Å²) in [4.78, 5) is 0. The summed E-state index contributed by atoms with van der Waals surface area (Å²) >= 11 is 0. The summed E-state index contributed by atoms with van der Waals surface area (Å²) in [5.41, 5.74) is 10.3. The molecular weight excluding hydrogens is 496 g/mol. The summed E-state index contributed by atoms with van der Waals surface area (Å²) in [6.45, 7) is 4.70. The lowest BCUT2D eigenvalue weighted by atomic mass is 9.76. The highest BCUT2D eigenvalue weighted by Gasteiger charge is 2.44. The molecule has 1 aliphatic heterocycles. The van der Waals surface area contributed by atoms with E-state index >= 15 is 0 Å². The molecule has 0 amide bonds. The maximum absolute atomic E-state index is 7.38. The number of rotatable bonds is 3. The minimum atomic E-state index is -0.754. The molecule has 0 aromatic heterocycles. The van der Waals surface area contributed by atoms with Gasteiger partial charge in [-0.25, -0.2) is 0 Å². The van der Waals surface area contributed by atoms with Gasteiger partial charge in [-0.15, -0.1) is 0 Å². The summed E-state index contributed by atoms with van der Waals surface area (Å²) in [5, 5.41) is 2.40. The van der Waals surface area contributed by atoms with E-state index in [-0.39, 0.29) is 5.41 Å². The molecule has 0 saturated carbocycles. The molecular formula is C40H30O. The van der Waals surface area contributed by atoms with Gasteiger partial charge in [0.25, 0.3) is 0 Å². The molecule has 1 heterocycles. The van der Waals surface area contributed by atoms with Crippen LogP contribution in [0.3, 0.4) is 0 Å². The fourth-order valence-corrected chi connectivity index (χ4v) is 7.11. The second kappa shape index (κ2) is 8.81. The van der Waals surface area contributed by atoms with Gasteiger partial charge < -0.3 is 4.74 Å². The lowest BCUT2D eigenvalue weighted by Crippen LogP contribution is -2.35. The van der Waals surface area contributed by atoms with Crippen LogP contribution in [-0.4, -0.2) is 0 Å². The maximum Gasteiger partial charge on any atom is 0.178 e. The third-order valence-corrected chi connectivity index (χ3v) is 9.07. The van der Waals surface area contributed by atoms with Gasteiger partial charge in [0, 0.05) is 27.5 Å². The van der Waals surface area contributed by atoms with Crippen molar-refractivity contribution in [1.29, 1.82) is 0 Å². The first kappa shape index (κ1) is 24.0. The summed E-state index contributed by atoms with van der Waals surface area (Å²) < 4.78 is 7.38. The highest BCUT2D eigenvalue weighted by Crippen LogP contribution is 2.57. The summed E-state index contributed by atoms with van der Waals surface area (Å²) in [7, 11) is 0. The van der Waals surface area contributed by atoms with Crippen LogP contribution in [0.25, 0.3) is 39.1 Å². The topological polar surface area (TPSA) is 9.23 Å². The standard InChI is InChI=1S/C40H30O/c1-39(2)35-20-12-11-19-33(35)36-31-17-9-10-18-32(31)38-34(37(36)39)25-26-40(41-38,29-15-7-4-8-16-29)30-23-21-28(22-24-30)27-13-5-3-6-14-27/h3-26H,1-2H3. The first-order valence-corrected chi connectivity index (χ1v) is 14.4. The minimum Gasteiger partial charge on any atom is -0.472 e. The van der Waals surface area contributed by atoms with Gasteiger partial charge >= 0.3 is 0 Å². The molecule has 1 aliphatic carbocycles. The van der Waals surface area contributed by atoms with Crippen molar-refractivity contribution in [2.24, 2.45) is 0 Å². The normalized spacial score (nSPS) is 17.9. The van der Waals surface area contributed by atoms with Crippen molar-refractivity contribution in [2.45, 2.75) is 24.9 Å². The van der Waals surface area contributed by atoms with Crippen molar-refractivity contribution in [3.63, 3.8) is 0 Å². The van der Waals surface area contributed by atoms with Gasteiger partial charge in [0.2, 0.25) is 0 Å². The Hall–Kier alpha value is -4.88. The Balaban J connectivity index is 1.38. The van der Waals surface area contributed by atoms with Crippen LogP contribution < -0.4 is 4.74 Å².